The molecule has 2 unspecified atom stereocenters. The third-order valence-electron chi connectivity index (χ3n) is 12.3. The number of carbonyl (C=O) groups excluding carboxylic acids is 2. The molecule has 374 valence electrons. The summed E-state index contributed by atoms with van der Waals surface area (Å²) in [5.74, 6) is -1.46. The van der Waals surface area contributed by atoms with E-state index in [0.29, 0.717) is 19.3 Å². The van der Waals surface area contributed by atoms with Crippen molar-refractivity contribution in [3.05, 3.63) is 36.5 Å². The molecule has 0 heterocycles. The number of ether oxygens (including phenoxy) is 3. The molecule has 0 radical (unpaired) electrons. The van der Waals surface area contributed by atoms with E-state index in [1.165, 1.54) is 154 Å². The topological polar surface area (TPSA) is 99.1 Å². The van der Waals surface area contributed by atoms with Crippen molar-refractivity contribution in [1.29, 1.82) is 0 Å². The molecule has 0 aromatic heterocycles. The number of hydrogen-bond donors (Lipinski definition) is 1. The molecule has 64 heavy (non-hydrogen) atoms. The van der Waals surface area contributed by atoms with Crippen molar-refractivity contribution in [2.75, 3.05) is 41.0 Å². The lowest BCUT2D eigenvalue weighted by Gasteiger charge is -2.31. The quantitative estimate of drug-likeness (QED) is 0.0281. The Morgan fingerprint density at radius 1 is 0.484 bits per heavy atom. The van der Waals surface area contributed by atoms with E-state index in [-0.39, 0.29) is 36.2 Å². The largest absolute Gasteiger partial charge is 0.477 e. The fourth-order valence-electron chi connectivity index (χ4n) is 8.17. The minimum absolute atomic E-state index is 0.0514. The summed E-state index contributed by atoms with van der Waals surface area (Å²) in [7, 11) is 5.54. The van der Waals surface area contributed by atoms with Gasteiger partial charge in [0.15, 0.2) is 12.1 Å². The van der Waals surface area contributed by atoms with Crippen LogP contribution in [0.25, 0.3) is 0 Å². The Hall–Kier alpha value is -2.45. The third-order valence-corrected chi connectivity index (χ3v) is 12.3. The number of nitrogens with zero attached hydrogens (tertiary/aromatic N) is 1. The monoisotopic (exact) mass is 903 g/mol. The SMILES string of the molecule is CC/C=C\C/C=C\C/C=C\CCCCCCCCCC(=O)OC(COCCC(C(=O)O)[N+](C)(C)C)COC(=O)CCCCCCCCCCCCCCCCCCCCCCCCC. The molecule has 0 bridgehead atoms. The van der Waals surface area contributed by atoms with E-state index in [0.717, 1.165) is 64.2 Å². The number of esters is 2. The van der Waals surface area contributed by atoms with Crippen molar-refractivity contribution in [2.45, 2.75) is 264 Å². The molecular weight excluding hydrogens is 799 g/mol. The zero-order chi connectivity index (χ0) is 47.0. The zero-order valence-corrected chi connectivity index (χ0v) is 42.7. The fourth-order valence-corrected chi connectivity index (χ4v) is 8.17. The van der Waals surface area contributed by atoms with Crippen molar-refractivity contribution >= 4 is 17.9 Å². The number of allylic oxidation sites excluding steroid dienone is 6. The lowest BCUT2D eigenvalue weighted by Crippen LogP contribution is -2.50. The molecule has 0 saturated carbocycles. The van der Waals surface area contributed by atoms with Crippen molar-refractivity contribution < 1.29 is 38.2 Å². The van der Waals surface area contributed by atoms with Gasteiger partial charge in [0.25, 0.3) is 0 Å². The molecule has 1 N–H and O–H groups in total. The first-order chi connectivity index (χ1) is 31.1. The summed E-state index contributed by atoms with van der Waals surface area (Å²) in [5.41, 5.74) is 0. The first-order valence-corrected chi connectivity index (χ1v) is 27.0. The minimum Gasteiger partial charge on any atom is -0.477 e. The first kappa shape index (κ1) is 61.5. The van der Waals surface area contributed by atoms with Crippen LogP contribution in [-0.4, -0.2) is 80.6 Å². The van der Waals surface area contributed by atoms with E-state index in [9.17, 15) is 19.5 Å². The van der Waals surface area contributed by atoms with Crippen molar-refractivity contribution in [1.82, 2.24) is 0 Å². The number of hydrogen-bond acceptors (Lipinski definition) is 6. The Morgan fingerprint density at radius 3 is 1.30 bits per heavy atom. The van der Waals surface area contributed by atoms with Gasteiger partial charge < -0.3 is 23.8 Å². The van der Waals surface area contributed by atoms with E-state index < -0.39 is 18.1 Å². The van der Waals surface area contributed by atoms with Crippen LogP contribution in [0.15, 0.2) is 36.5 Å². The maximum Gasteiger partial charge on any atom is 0.362 e. The second-order valence-corrected chi connectivity index (χ2v) is 19.5. The molecule has 0 spiro atoms. The van der Waals surface area contributed by atoms with E-state index in [1.807, 2.05) is 21.1 Å². The highest BCUT2D eigenvalue weighted by molar-refractivity contribution is 5.72. The molecule has 0 rings (SSSR count). The summed E-state index contributed by atoms with van der Waals surface area (Å²) in [6.07, 6.45) is 56.3. The average Bonchev–Trinajstić information content (AvgIpc) is 3.26. The second-order valence-electron chi connectivity index (χ2n) is 19.5. The van der Waals surface area contributed by atoms with Crippen molar-refractivity contribution in [2.24, 2.45) is 0 Å². The molecule has 0 aliphatic rings. The number of rotatable bonds is 49. The molecule has 0 amide bonds. The minimum atomic E-state index is -0.874. The predicted molar refractivity (Wildman–Crippen MR) is 271 cm³/mol. The number of likely N-dealkylation sites (N-methyl/N-ethyl adjacent to an activating group) is 1. The number of carbonyl (C=O) groups is 3. The number of carboxylic acids is 1. The summed E-state index contributed by atoms with van der Waals surface area (Å²) in [6.45, 7) is 4.66. The Bertz CT molecular complexity index is 1140. The van der Waals surface area contributed by atoms with Gasteiger partial charge in [-0.25, -0.2) is 4.79 Å². The number of quaternary nitrogens is 1. The van der Waals surface area contributed by atoms with Crippen LogP contribution in [0.4, 0.5) is 0 Å². The van der Waals surface area contributed by atoms with Gasteiger partial charge in [-0.2, -0.15) is 0 Å². The first-order valence-electron chi connectivity index (χ1n) is 27.0. The molecule has 8 heteroatoms. The molecular formula is C56H104NO7+. The lowest BCUT2D eigenvalue weighted by atomic mass is 10.0. The number of unbranched alkanes of at least 4 members (excludes halogenated alkanes) is 29. The standard InChI is InChI=1S/C56H103NO7/c1-6-8-10-12-14-16-18-20-22-24-25-26-27-28-29-31-32-34-36-38-40-42-44-46-54(58)63-51-52(50-62-49-48-53(56(60)61)57(3,4)5)64-55(59)47-45-43-41-39-37-35-33-30-23-21-19-17-15-13-11-9-7-2/h9,11,15,17,21,23,52-53H,6-8,10,12-14,16,18-20,22,24-51H2,1-5H3/p+1/b11-9-,17-15-,23-21-. The van der Waals surface area contributed by atoms with E-state index in [1.54, 1.807) is 0 Å². The zero-order valence-electron chi connectivity index (χ0n) is 42.7. The van der Waals surface area contributed by atoms with E-state index in [2.05, 4.69) is 50.3 Å². The summed E-state index contributed by atoms with van der Waals surface area (Å²) < 4.78 is 17.4. The highest BCUT2D eigenvalue weighted by Crippen LogP contribution is 2.17. The molecule has 8 nitrogen and oxygen atoms in total. The second kappa shape index (κ2) is 47.1. The molecule has 0 fully saturated rings. The Balaban J connectivity index is 4.16. The normalized spacial score (nSPS) is 13.1. The van der Waals surface area contributed by atoms with Crippen molar-refractivity contribution in [3.63, 3.8) is 0 Å². The van der Waals surface area contributed by atoms with Crippen LogP contribution < -0.4 is 0 Å². The van der Waals surface area contributed by atoms with Crippen LogP contribution in [0, 0.1) is 0 Å². The van der Waals surface area contributed by atoms with Crippen LogP contribution in [-0.2, 0) is 28.6 Å². The van der Waals surface area contributed by atoms with Gasteiger partial charge in [-0.1, -0.05) is 224 Å². The van der Waals surface area contributed by atoms with Gasteiger partial charge in [-0.05, 0) is 44.9 Å². The maximum absolute atomic E-state index is 12.8. The average molecular weight is 903 g/mol. The number of aliphatic carboxylic acids is 1. The predicted octanol–water partition coefficient (Wildman–Crippen LogP) is 15.8. The smallest absolute Gasteiger partial charge is 0.362 e. The van der Waals surface area contributed by atoms with Crippen LogP contribution in [0.3, 0.4) is 0 Å². The summed E-state index contributed by atoms with van der Waals surface area (Å²) in [6, 6.07) is -0.616. The van der Waals surface area contributed by atoms with Crippen LogP contribution >= 0.6 is 0 Å². The highest BCUT2D eigenvalue weighted by atomic mass is 16.6. The van der Waals surface area contributed by atoms with Gasteiger partial charge in [0.05, 0.1) is 34.4 Å². The van der Waals surface area contributed by atoms with Gasteiger partial charge in [0.2, 0.25) is 0 Å². The van der Waals surface area contributed by atoms with Gasteiger partial charge in [0.1, 0.15) is 6.61 Å². The summed E-state index contributed by atoms with van der Waals surface area (Å²) in [5, 5.41) is 9.66. The lowest BCUT2D eigenvalue weighted by molar-refractivity contribution is -0.887. The van der Waals surface area contributed by atoms with Gasteiger partial charge in [-0.3, -0.25) is 9.59 Å². The van der Waals surface area contributed by atoms with Gasteiger partial charge >= 0.3 is 17.9 Å². The molecule has 0 aliphatic carbocycles. The van der Waals surface area contributed by atoms with Gasteiger partial charge in [0, 0.05) is 19.3 Å². The molecule has 0 aromatic rings. The molecule has 0 aromatic carbocycles. The molecule has 0 saturated heterocycles. The Kier molecular flexibility index (Phi) is 45.3. The highest BCUT2D eigenvalue weighted by Gasteiger charge is 2.31. The molecule has 2 atom stereocenters. The van der Waals surface area contributed by atoms with Crippen LogP contribution in [0.1, 0.15) is 251 Å². The Morgan fingerprint density at radius 2 is 0.875 bits per heavy atom. The Labute approximate surface area is 395 Å². The third kappa shape index (κ3) is 44.7. The van der Waals surface area contributed by atoms with Crippen molar-refractivity contribution in [3.8, 4) is 0 Å². The van der Waals surface area contributed by atoms with E-state index >= 15 is 0 Å². The van der Waals surface area contributed by atoms with Crippen LogP contribution in [0.5, 0.6) is 0 Å². The summed E-state index contributed by atoms with van der Waals surface area (Å²) in [4.78, 5) is 37.2. The van der Waals surface area contributed by atoms with Crippen LogP contribution in [0.2, 0.25) is 0 Å². The maximum atomic E-state index is 12.8. The number of carboxylic acid groups (broad SMARTS) is 1. The fraction of sp³-hybridized carbons (Fsp3) is 0.839. The summed E-state index contributed by atoms with van der Waals surface area (Å²) >= 11 is 0. The van der Waals surface area contributed by atoms with Gasteiger partial charge in [-0.15, -0.1) is 0 Å². The van der Waals surface area contributed by atoms with E-state index in [4.69, 9.17) is 14.2 Å². The molecule has 0 aliphatic heterocycles.